The minimum Gasteiger partial charge on any atom is -0.492 e. The summed E-state index contributed by atoms with van der Waals surface area (Å²) < 4.78 is 5.32. The Morgan fingerprint density at radius 3 is 2.68 bits per heavy atom. The lowest BCUT2D eigenvalue weighted by atomic mass is 10.1. The van der Waals surface area contributed by atoms with E-state index >= 15 is 0 Å². The van der Waals surface area contributed by atoms with Crippen LogP contribution in [0, 0.1) is 0 Å². The van der Waals surface area contributed by atoms with E-state index in [0.29, 0.717) is 0 Å². The first kappa shape index (κ1) is 12.2. The van der Waals surface area contributed by atoms with Gasteiger partial charge in [0.2, 0.25) is 5.88 Å². The number of aromatic hydroxyl groups is 1. The molecule has 3 rings (SSSR count). The summed E-state index contributed by atoms with van der Waals surface area (Å²) in [5.41, 5.74) is 0.440. The zero-order valence-electron chi connectivity index (χ0n) is 9.63. The molecule has 0 saturated carbocycles. The van der Waals surface area contributed by atoms with Crippen LogP contribution >= 0.6 is 0 Å². The third-order valence-corrected chi connectivity index (χ3v) is 3.10. The average molecular weight is 268 g/mol. The molecule has 102 valence electrons. The van der Waals surface area contributed by atoms with Crippen molar-refractivity contribution in [2.24, 2.45) is 0 Å². The fourth-order valence-corrected chi connectivity index (χ4v) is 2.09. The van der Waals surface area contributed by atoms with Crippen molar-refractivity contribution in [3.05, 3.63) is 12.2 Å². The van der Waals surface area contributed by atoms with Gasteiger partial charge in [-0.25, -0.2) is 9.97 Å². The number of aliphatic hydroxyl groups excluding tert-OH is 3. The molecule has 1 aliphatic rings. The number of aromatic nitrogens is 4. The van der Waals surface area contributed by atoms with Gasteiger partial charge in [0, 0.05) is 0 Å². The fraction of sp³-hybridized carbons (Fsp3) is 0.500. The highest BCUT2D eigenvalue weighted by molar-refractivity contribution is 5.75. The summed E-state index contributed by atoms with van der Waals surface area (Å²) in [4.78, 5) is 14.2. The Morgan fingerprint density at radius 1 is 1.26 bits per heavy atom. The lowest BCUT2D eigenvalue weighted by Gasteiger charge is -2.11. The molecule has 3 heterocycles. The second kappa shape index (κ2) is 4.38. The summed E-state index contributed by atoms with van der Waals surface area (Å²) in [5, 5.41) is 38.1. The van der Waals surface area contributed by atoms with Crippen LogP contribution in [0.5, 0.6) is 5.88 Å². The molecule has 0 radical (unpaired) electrons. The Labute approximate surface area is 106 Å². The maximum Gasteiger partial charge on any atom is 0.240 e. The van der Waals surface area contributed by atoms with Crippen molar-refractivity contribution in [3.8, 4) is 5.88 Å². The monoisotopic (exact) mass is 268 g/mol. The summed E-state index contributed by atoms with van der Waals surface area (Å²) >= 11 is 0. The predicted octanol–water partition coefficient (Wildman–Crippen LogP) is -1.79. The number of H-pyrrole nitrogens is 1. The number of nitrogens with one attached hydrogen (secondary N) is 1. The van der Waals surface area contributed by atoms with Crippen LogP contribution in [0.2, 0.25) is 0 Å². The molecule has 5 N–H and O–H groups in total. The molecule has 19 heavy (non-hydrogen) atoms. The van der Waals surface area contributed by atoms with E-state index < -0.39 is 31.0 Å². The molecule has 9 heteroatoms. The van der Waals surface area contributed by atoms with Crippen LogP contribution in [0.4, 0.5) is 0 Å². The number of fused-ring (bicyclic) bond motifs is 1. The lowest BCUT2D eigenvalue weighted by molar-refractivity contribution is -0.0249. The number of imidazole rings is 1. The smallest absolute Gasteiger partial charge is 0.240 e. The topological polar surface area (TPSA) is 145 Å². The highest BCUT2D eigenvalue weighted by atomic mass is 16.6. The molecule has 0 spiro atoms. The Hall–Kier alpha value is -1.81. The Kier molecular flexibility index (Phi) is 2.82. The zero-order chi connectivity index (χ0) is 13.6. The Bertz CT molecular complexity index is 603. The zero-order valence-corrected chi connectivity index (χ0v) is 9.63. The highest BCUT2D eigenvalue weighted by Gasteiger charge is 2.44. The van der Waals surface area contributed by atoms with Gasteiger partial charge in [-0.1, -0.05) is 0 Å². The van der Waals surface area contributed by atoms with E-state index in [1.165, 1.54) is 0 Å². The van der Waals surface area contributed by atoms with Gasteiger partial charge < -0.3 is 30.1 Å². The molecule has 0 bridgehead atoms. The summed E-state index contributed by atoms with van der Waals surface area (Å²) in [7, 11) is 0. The molecule has 2 aromatic heterocycles. The molecule has 1 aliphatic heterocycles. The van der Waals surface area contributed by atoms with Crippen molar-refractivity contribution in [1.29, 1.82) is 0 Å². The second-order valence-corrected chi connectivity index (χ2v) is 4.28. The number of hydrogen-bond acceptors (Lipinski definition) is 8. The molecule has 0 aliphatic carbocycles. The Morgan fingerprint density at radius 2 is 2.05 bits per heavy atom. The van der Waals surface area contributed by atoms with Crippen LogP contribution in [0.3, 0.4) is 0 Å². The molecule has 1 unspecified atom stereocenters. The first-order valence-corrected chi connectivity index (χ1v) is 5.64. The summed E-state index contributed by atoms with van der Waals surface area (Å²) in [5.74, 6) is -0.0659. The van der Waals surface area contributed by atoms with Crippen LogP contribution in [0.1, 0.15) is 11.9 Å². The van der Waals surface area contributed by atoms with Crippen LogP contribution in [-0.4, -0.2) is 65.3 Å². The first-order valence-electron chi connectivity index (χ1n) is 5.64. The van der Waals surface area contributed by atoms with Gasteiger partial charge in [-0.05, 0) is 0 Å². The summed E-state index contributed by atoms with van der Waals surface area (Å²) in [6.07, 6.45) is -3.09. The molecular formula is C10H12N4O5. The Balaban J connectivity index is 1.99. The van der Waals surface area contributed by atoms with Crippen molar-refractivity contribution < 1.29 is 25.2 Å². The maximum absolute atomic E-state index is 9.86. The molecule has 1 saturated heterocycles. The fourth-order valence-electron chi connectivity index (χ4n) is 2.09. The predicted molar refractivity (Wildman–Crippen MR) is 60.1 cm³/mol. The quantitative estimate of drug-likeness (QED) is 0.429. The highest BCUT2D eigenvalue weighted by Crippen LogP contribution is 2.33. The molecule has 1 fully saturated rings. The van der Waals surface area contributed by atoms with Gasteiger partial charge in [0.1, 0.15) is 42.1 Å². The first-order chi connectivity index (χ1) is 9.11. The van der Waals surface area contributed by atoms with Gasteiger partial charge in [0.05, 0.1) is 6.61 Å². The molecular weight excluding hydrogens is 256 g/mol. The van der Waals surface area contributed by atoms with Crippen LogP contribution < -0.4 is 0 Å². The van der Waals surface area contributed by atoms with E-state index in [1.807, 2.05) is 0 Å². The third-order valence-electron chi connectivity index (χ3n) is 3.10. The second-order valence-electron chi connectivity index (χ2n) is 4.28. The van der Waals surface area contributed by atoms with Crippen molar-refractivity contribution in [2.75, 3.05) is 6.61 Å². The minimum absolute atomic E-state index is 0.202. The summed E-state index contributed by atoms with van der Waals surface area (Å²) in [6.45, 7) is -0.417. The lowest BCUT2D eigenvalue weighted by Crippen LogP contribution is -2.32. The third kappa shape index (κ3) is 1.83. The van der Waals surface area contributed by atoms with E-state index in [1.54, 1.807) is 0 Å². The van der Waals surface area contributed by atoms with Crippen molar-refractivity contribution in [2.45, 2.75) is 24.4 Å². The number of aliphatic hydroxyl groups is 3. The van der Waals surface area contributed by atoms with Gasteiger partial charge in [-0.2, -0.15) is 4.98 Å². The van der Waals surface area contributed by atoms with E-state index in [9.17, 15) is 15.3 Å². The number of ether oxygens (including phenoxy) is 1. The van der Waals surface area contributed by atoms with E-state index in [0.717, 1.165) is 6.33 Å². The van der Waals surface area contributed by atoms with Gasteiger partial charge in [0.25, 0.3) is 0 Å². The minimum atomic E-state index is -1.23. The molecule has 0 amide bonds. The maximum atomic E-state index is 9.86. The number of aromatic amines is 1. The standard InChI is InChI=1S/C10H12N4O5/c15-1-3-5(16)6(17)7(19-3)9-13-4-8(14-9)11-2-12-10(4)18/h2-3,5-7,15-17H,1H2,(H2,11,12,13,14,18)/t3-,5-,6+,7?/m1/s1. The SMILES string of the molecule is OC[C@H]1OC(c2nc3ncnc(O)c3[nH]2)[C@@H](O)[C@@H]1O. The van der Waals surface area contributed by atoms with Crippen molar-refractivity contribution in [3.63, 3.8) is 0 Å². The van der Waals surface area contributed by atoms with Gasteiger partial charge in [0.15, 0.2) is 5.65 Å². The summed E-state index contributed by atoms with van der Waals surface area (Å²) in [6, 6.07) is 0. The largest absolute Gasteiger partial charge is 0.492 e. The van der Waals surface area contributed by atoms with Crippen molar-refractivity contribution >= 4 is 11.2 Å². The number of nitrogens with zero attached hydrogens (tertiary/aromatic N) is 3. The van der Waals surface area contributed by atoms with Crippen LogP contribution in [-0.2, 0) is 4.74 Å². The molecule has 0 aromatic carbocycles. The normalized spacial score (nSPS) is 31.1. The van der Waals surface area contributed by atoms with Gasteiger partial charge in [-0.3, -0.25) is 0 Å². The van der Waals surface area contributed by atoms with E-state index in [4.69, 9.17) is 9.84 Å². The van der Waals surface area contributed by atoms with Crippen molar-refractivity contribution in [1.82, 2.24) is 19.9 Å². The van der Waals surface area contributed by atoms with Gasteiger partial charge in [-0.15, -0.1) is 0 Å². The van der Waals surface area contributed by atoms with Gasteiger partial charge >= 0.3 is 0 Å². The van der Waals surface area contributed by atoms with E-state index in [2.05, 4.69) is 19.9 Å². The van der Waals surface area contributed by atoms with Crippen LogP contribution in [0.15, 0.2) is 6.33 Å². The number of hydrogen-bond donors (Lipinski definition) is 5. The van der Waals surface area contributed by atoms with E-state index in [-0.39, 0.29) is 22.9 Å². The molecule has 2 aromatic rings. The van der Waals surface area contributed by atoms with Crippen LogP contribution in [0.25, 0.3) is 11.2 Å². The molecule has 4 atom stereocenters. The average Bonchev–Trinajstić information content (AvgIpc) is 2.94. The number of rotatable bonds is 2. The molecule has 9 nitrogen and oxygen atoms in total.